The van der Waals surface area contributed by atoms with Crippen LogP contribution >= 0.6 is 11.6 Å². The number of nitrogens with zero attached hydrogens (tertiary/aromatic N) is 2. The maximum Gasteiger partial charge on any atom is 0.256 e. The van der Waals surface area contributed by atoms with Gasteiger partial charge >= 0.3 is 0 Å². The Morgan fingerprint density at radius 3 is 2.81 bits per heavy atom. The fourth-order valence-electron chi connectivity index (χ4n) is 3.29. The molecule has 6 nitrogen and oxygen atoms in total. The summed E-state index contributed by atoms with van der Waals surface area (Å²) in [6, 6.07) is 7.14. The zero-order chi connectivity index (χ0) is 19.0. The van der Waals surface area contributed by atoms with Crippen LogP contribution in [-0.2, 0) is 4.74 Å². The number of hydrogen-bond acceptors (Lipinski definition) is 4. The standard InChI is InChI=1S/C20H20ClN3O3/c1-12-13(2)23-18-17(12)16(20(25)24-6-8-26-9-7-24)11-22-19(18)27-15-5-3-4-14(21)10-15/h3-5,10-11,23H,6-9H2,1-2H3. The normalized spacial score (nSPS) is 14.6. The minimum absolute atomic E-state index is 0.0350. The van der Waals surface area contributed by atoms with Gasteiger partial charge in [-0.2, -0.15) is 0 Å². The fraction of sp³-hybridized carbons (Fsp3) is 0.300. The molecule has 0 aliphatic carbocycles. The Labute approximate surface area is 162 Å². The Morgan fingerprint density at radius 2 is 2.07 bits per heavy atom. The molecule has 3 heterocycles. The van der Waals surface area contributed by atoms with E-state index < -0.39 is 0 Å². The van der Waals surface area contributed by atoms with E-state index in [2.05, 4.69) is 9.97 Å². The number of aromatic amines is 1. The number of rotatable bonds is 3. The molecule has 1 aromatic carbocycles. The maximum atomic E-state index is 13.0. The second-order valence-corrected chi connectivity index (χ2v) is 7.00. The van der Waals surface area contributed by atoms with Crippen LogP contribution in [0.25, 0.3) is 10.9 Å². The van der Waals surface area contributed by atoms with Crippen molar-refractivity contribution in [1.82, 2.24) is 14.9 Å². The van der Waals surface area contributed by atoms with Crippen molar-refractivity contribution in [2.45, 2.75) is 13.8 Å². The van der Waals surface area contributed by atoms with Crippen molar-refractivity contribution in [3.63, 3.8) is 0 Å². The highest BCUT2D eigenvalue weighted by Gasteiger charge is 2.24. The van der Waals surface area contributed by atoms with Crippen molar-refractivity contribution >= 4 is 28.4 Å². The molecule has 0 atom stereocenters. The Balaban J connectivity index is 1.77. The van der Waals surface area contributed by atoms with Gasteiger partial charge in [-0.3, -0.25) is 4.79 Å². The van der Waals surface area contributed by atoms with Crippen LogP contribution < -0.4 is 4.74 Å². The number of aryl methyl sites for hydroxylation is 2. The summed E-state index contributed by atoms with van der Waals surface area (Å²) in [4.78, 5) is 22.6. The molecule has 1 aliphatic rings. The molecule has 7 heteroatoms. The van der Waals surface area contributed by atoms with Crippen LogP contribution in [0.15, 0.2) is 30.5 Å². The van der Waals surface area contributed by atoms with E-state index in [4.69, 9.17) is 21.1 Å². The number of amides is 1. The molecule has 0 unspecified atom stereocenters. The first-order valence-electron chi connectivity index (χ1n) is 8.83. The molecule has 1 saturated heterocycles. The van der Waals surface area contributed by atoms with E-state index in [0.29, 0.717) is 54.0 Å². The summed E-state index contributed by atoms with van der Waals surface area (Å²) >= 11 is 6.04. The Kier molecular flexibility index (Phi) is 4.76. The number of morpholine rings is 1. The summed E-state index contributed by atoms with van der Waals surface area (Å²) < 4.78 is 11.3. The number of pyridine rings is 1. The molecular weight excluding hydrogens is 366 g/mol. The number of halogens is 1. The summed E-state index contributed by atoms with van der Waals surface area (Å²) in [5.74, 6) is 0.975. The molecule has 4 rings (SSSR count). The summed E-state index contributed by atoms with van der Waals surface area (Å²) in [6.07, 6.45) is 1.60. The first-order chi connectivity index (χ1) is 13.0. The van der Waals surface area contributed by atoms with Crippen molar-refractivity contribution in [2.24, 2.45) is 0 Å². The molecule has 1 amide bonds. The lowest BCUT2D eigenvalue weighted by Gasteiger charge is -2.27. The first kappa shape index (κ1) is 17.8. The number of benzene rings is 1. The minimum Gasteiger partial charge on any atom is -0.437 e. The largest absolute Gasteiger partial charge is 0.437 e. The quantitative estimate of drug-likeness (QED) is 0.737. The van der Waals surface area contributed by atoms with E-state index in [0.717, 1.165) is 16.6 Å². The van der Waals surface area contributed by atoms with Crippen molar-refractivity contribution in [3.8, 4) is 11.6 Å². The van der Waals surface area contributed by atoms with Crippen molar-refractivity contribution in [1.29, 1.82) is 0 Å². The van der Waals surface area contributed by atoms with Gasteiger partial charge in [0.15, 0.2) is 0 Å². The van der Waals surface area contributed by atoms with E-state index in [1.165, 1.54) is 0 Å². The number of aromatic nitrogens is 2. The van der Waals surface area contributed by atoms with Crippen LogP contribution in [0.1, 0.15) is 21.6 Å². The topological polar surface area (TPSA) is 67.5 Å². The summed E-state index contributed by atoms with van der Waals surface area (Å²) in [7, 11) is 0. The van der Waals surface area contributed by atoms with Gasteiger partial charge < -0.3 is 19.4 Å². The van der Waals surface area contributed by atoms with Crippen molar-refractivity contribution in [2.75, 3.05) is 26.3 Å². The summed E-state index contributed by atoms with van der Waals surface area (Å²) in [5.41, 5.74) is 3.28. The number of H-pyrrole nitrogens is 1. The predicted molar refractivity (Wildman–Crippen MR) is 104 cm³/mol. The lowest BCUT2D eigenvalue weighted by atomic mass is 10.1. The molecular formula is C20H20ClN3O3. The maximum absolute atomic E-state index is 13.0. The van der Waals surface area contributed by atoms with Crippen LogP contribution in [0.4, 0.5) is 0 Å². The van der Waals surface area contributed by atoms with Gasteiger partial charge in [0, 0.05) is 35.4 Å². The highest BCUT2D eigenvalue weighted by molar-refractivity contribution is 6.30. The molecule has 3 aromatic rings. The molecule has 1 N–H and O–H groups in total. The second kappa shape index (κ2) is 7.21. The fourth-order valence-corrected chi connectivity index (χ4v) is 3.47. The number of hydrogen-bond donors (Lipinski definition) is 1. The molecule has 2 aromatic heterocycles. The van der Waals surface area contributed by atoms with Crippen molar-refractivity contribution < 1.29 is 14.3 Å². The van der Waals surface area contributed by atoms with Crippen LogP contribution in [-0.4, -0.2) is 47.1 Å². The van der Waals surface area contributed by atoms with Crippen LogP contribution in [0.2, 0.25) is 5.02 Å². The van der Waals surface area contributed by atoms with Gasteiger partial charge in [0.2, 0.25) is 5.88 Å². The monoisotopic (exact) mass is 385 g/mol. The van der Waals surface area contributed by atoms with Gasteiger partial charge in [-0.25, -0.2) is 4.98 Å². The Hall–Kier alpha value is -2.57. The Bertz CT molecular complexity index is 1010. The molecule has 0 spiro atoms. The lowest BCUT2D eigenvalue weighted by molar-refractivity contribution is 0.0304. The lowest BCUT2D eigenvalue weighted by Crippen LogP contribution is -2.40. The zero-order valence-corrected chi connectivity index (χ0v) is 16.0. The van der Waals surface area contributed by atoms with Crippen LogP contribution in [0.5, 0.6) is 11.6 Å². The van der Waals surface area contributed by atoms with E-state index in [1.807, 2.05) is 26.0 Å². The number of carbonyl (C=O) groups is 1. The second-order valence-electron chi connectivity index (χ2n) is 6.57. The average Bonchev–Trinajstić information content (AvgIpc) is 2.98. The molecule has 0 radical (unpaired) electrons. The molecule has 0 saturated carbocycles. The smallest absolute Gasteiger partial charge is 0.256 e. The molecule has 1 fully saturated rings. The van der Waals surface area contributed by atoms with E-state index in [1.54, 1.807) is 23.2 Å². The van der Waals surface area contributed by atoms with Crippen molar-refractivity contribution in [3.05, 3.63) is 52.3 Å². The number of ether oxygens (including phenoxy) is 2. The molecule has 140 valence electrons. The van der Waals surface area contributed by atoms with E-state index in [-0.39, 0.29) is 5.91 Å². The SMILES string of the molecule is Cc1[nH]c2c(Oc3cccc(Cl)c3)ncc(C(=O)N3CCOCC3)c2c1C. The third-order valence-electron chi connectivity index (χ3n) is 4.83. The predicted octanol–water partition coefficient (Wildman–Crippen LogP) is 4.10. The summed E-state index contributed by atoms with van der Waals surface area (Å²) in [5, 5.41) is 1.43. The van der Waals surface area contributed by atoms with E-state index >= 15 is 0 Å². The van der Waals surface area contributed by atoms with Gasteiger partial charge in [0.1, 0.15) is 11.3 Å². The highest BCUT2D eigenvalue weighted by atomic mass is 35.5. The third kappa shape index (κ3) is 3.38. The molecule has 0 bridgehead atoms. The summed E-state index contributed by atoms with van der Waals surface area (Å²) in [6.45, 7) is 6.26. The van der Waals surface area contributed by atoms with Gasteiger partial charge in [0.25, 0.3) is 5.91 Å². The number of nitrogens with one attached hydrogen (secondary N) is 1. The number of carbonyl (C=O) groups excluding carboxylic acids is 1. The van der Waals surface area contributed by atoms with Gasteiger partial charge in [-0.05, 0) is 37.6 Å². The zero-order valence-electron chi connectivity index (χ0n) is 15.2. The van der Waals surface area contributed by atoms with Crippen LogP contribution in [0.3, 0.4) is 0 Å². The minimum atomic E-state index is -0.0350. The Morgan fingerprint density at radius 1 is 1.30 bits per heavy atom. The number of fused-ring (bicyclic) bond motifs is 1. The van der Waals surface area contributed by atoms with Gasteiger partial charge in [0.05, 0.1) is 18.8 Å². The third-order valence-corrected chi connectivity index (χ3v) is 5.07. The van der Waals surface area contributed by atoms with Gasteiger partial charge in [-0.1, -0.05) is 17.7 Å². The highest BCUT2D eigenvalue weighted by Crippen LogP contribution is 2.34. The van der Waals surface area contributed by atoms with Gasteiger partial charge in [-0.15, -0.1) is 0 Å². The van der Waals surface area contributed by atoms with E-state index in [9.17, 15) is 4.79 Å². The van der Waals surface area contributed by atoms with Crippen LogP contribution in [0, 0.1) is 13.8 Å². The average molecular weight is 386 g/mol. The molecule has 27 heavy (non-hydrogen) atoms. The molecule has 1 aliphatic heterocycles. The first-order valence-corrected chi connectivity index (χ1v) is 9.20.